The largest absolute Gasteiger partial charge is 0.482 e. The number of carbonyl (C=O) groups is 1. The third-order valence-electron chi connectivity index (χ3n) is 10.4. The predicted molar refractivity (Wildman–Crippen MR) is 153 cm³/mol. The Kier molecular flexibility index (Phi) is 6.96. The minimum Gasteiger partial charge on any atom is -0.482 e. The zero-order chi connectivity index (χ0) is 30.7. The lowest BCUT2D eigenvalue weighted by atomic mass is 9.42. The Hall–Kier alpha value is -4.04. The molecule has 2 saturated carbocycles. The summed E-state index contributed by atoms with van der Waals surface area (Å²) in [6.07, 6.45) is 1.13. The van der Waals surface area contributed by atoms with E-state index in [9.17, 15) is 24.9 Å². The second kappa shape index (κ2) is 10.3. The molecule has 10 nitrogen and oxygen atoms in total. The Morgan fingerprint density at radius 1 is 1.19 bits per heavy atom. The molecule has 0 amide bonds. The van der Waals surface area contributed by atoms with Gasteiger partial charge in [-0.1, -0.05) is 13.8 Å². The van der Waals surface area contributed by atoms with E-state index < -0.39 is 58.2 Å². The Labute approximate surface area is 248 Å². The number of rotatable bonds is 4. The molecule has 0 radical (unpaired) electrons. The van der Waals surface area contributed by atoms with E-state index in [0.29, 0.717) is 24.0 Å². The fourth-order valence-corrected chi connectivity index (χ4v) is 8.10. The molecule has 0 spiro atoms. The number of aliphatic hydroxyl groups is 3. The van der Waals surface area contributed by atoms with Gasteiger partial charge in [-0.15, -0.1) is 0 Å². The number of aromatic nitrogens is 1. The van der Waals surface area contributed by atoms with E-state index in [1.54, 1.807) is 44.4 Å². The number of aliphatic hydroxyl groups excluding tert-OH is 3. The molecule has 224 valence electrons. The Balaban J connectivity index is 1.48. The molecule has 1 aromatic carbocycles. The molecule has 0 saturated heterocycles. The van der Waals surface area contributed by atoms with Crippen molar-refractivity contribution < 1.29 is 34.0 Å². The molecule has 10 heteroatoms. The number of hydrogen-bond acceptors (Lipinski definition) is 10. The normalized spacial score (nSPS) is 34.5. The molecule has 1 aliphatic heterocycles. The molecular formula is C33H34N2O8. The van der Waals surface area contributed by atoms with Crippen molar-refractivity contribution in [3.63, 3.8) is 0 Å². The highest BCUT2D eigenvalue weighted by Gasteiger charge is 2.70. The Morgan fingerprint density at radius 2 is 1.93 bits per heavy atom. The zero-order valence-electron chi connectivity index (χ0n) is 24.2. The molecule has 2 fully saturated rings. The fourth-order valence-electron chi connectivity index (χ4n) is 8.10. The molecular weight excluding hydrogens is 552 g/mol. The lowest BCUT2D eigenvalue weighted by Crippen LogP contribution is -2.71. The number of benzene rings is 1. The third kappa shape index (κ3) is 4.37. The van der Waals surface area contributed by atoms with Gasteiger partial charge in [0.15, 0.2) is 0 Å². The van der Waals surface area contributed by atoms with Crippen molar-refractivity contribution in [3.05, 3.63) is 82.0 Å². The number of nitrogens with zero attached hydrogens (tertiary/aromatic N) is 2. The molecule has 3 heterocycles. The van der Waals surface area contributed by atoms with Crippen LogP contribution >= 0.6 is 0 Å². The first-order chi connectivity index (χ1) is 20.5. The minimum atomic E-state index is -1.35. The van der Waals surface area contributed by atoms with Crippen LogP contribution in [0, 0.1) is 34.0 Å². The number of nitriles is 1. The van der Waals surface area contributed by atoms with Crippen LogP contribution in [0.3, 0.4) is 0 Å². The number of fused-ring (bicyclic) bond motifs is 4. The highest BCUT2D eigenvalue weighted by molar-refractivity contribution is 5.89. The molecule has 2 aliphatic carbocycles. The second-order valence-corrected chi connectivity index (χ2v) is 12.7. The molecule has 3 N–H and O–H groups in total. The van der Waals surface area contributed by atoms with Crippen molar-refractivity contribution in [1.82, 2.24) is 4.98 Å². The molecule has 3 aromatic rings. The van der Waals surface area contributed by atoms with Gasteiger partial charge >= 0.3 is 11.6 Å². The van der Waals surface area contributed by atoms with Gasteiger partial charge in [0.05, 0.1) is 36.0 Å². The maximum absolute atomic E-state index is 13.5. The van der Waals surface area contributed by atoms with Crippen LogP contribution in [0.5, 0.6) is 5.75 Å². The number of ether oxygens (including phenoxy) is 2. The van der Waals surface area contributed by atoms with Crippen LogP contribution in [0.2, 0.25) is 0 Å². The van der Waals surface area contributed by atoms with Crippen molar-refractivity contribution >= 4 is 5.97 Å². The van der Waals surface area contributed by atoms with Gasteiger partial charge in [-0.25, -0.2) is 9.59 Å². The first-order valence-corrected chi connectivity index (χ1v) is 14.4. The van der Waals surface area contributed by atoms with Crippen LogP contribution < -0.4 is 10.4 Å². The van der Waals surface area contributed by atoms with Crippen molar-refractivity contribution in [3.8, 4) is 23.1 Å². The molecule has 8 atom stereocenters. The summed E-state index contributed by atoms with van der Waals surface area (Å²) >= 11 is 0. The van der Waals surface area contributed by atoms with E-state index >= 15 is 0 Å². The topological polar surface area (TPSA) is 163 Å². The minimum absolute atomic E-state index is 0.0222. The number of pyridine rings is 1. The average molecular weight is 587 g/mol. The number of carbonyl (C=O) groups excluding carboxylic acids is 1. The standard InChI is InChI=1S/C33H34N2O8/c1-31-11-10-24(37)32(2,17-36)23(31)14-25(42-29(39)19-8-6-18(15-34)7-9-19)33(3)28(31)27(38)26-22(43-33)13-21(41-30(26)40)20-5-4-12-35-16-20/h4-9,12-13,16,23-25,27-28,36-38H,10-11,14,17H2,1-3H3/t23?,24-,25-,27?,28?,31-,32-,33+/m0/s1. The Bertz CT molecular complexity index is 1650. The first kappa shape index (κ1) is 29.1. The van der Waals surface area contributed by atoms with Gasteiger partial charge in [-0.2, -0.15) is 5.26 Å². The van der Waals surface area contributed by atoms with Crippen molar-refractivity contribution in [2.45, 2.75) is 63.9 Å². The van der Waals surface area contributed by atoms with E-state index in [0.717, 1.165) is 0 Å². The summed E-state index contributed by atoms with van der Waals surface area (Å²) < 4.78 is 18.5. The fraction of sp³-hybridized carbons (Fsp3) is 0.455. The van der Waals surface area contributed by atoms with E-state index in [4.69, 9.17) is 19.2 Å². The van der Waals surface area contributed by atoms with Crippen molar-refractivity contribution in [1.29, 1.82) is 5.26 Å². The van der Waals surface area contributed by atoms with Gasteiger partial charge in [0.2, 0.25) is 0 Å². The van der Waals surface area contributed by atoms with Crippen LogP contribution in [0.25, 0.3) is 11.3 Å². The summed E-state index contributed by atoms with van der Waals surface area (Å²) in [6.45, 7) is 5.25. The van der Waals surface area contributed by atoms with Crippen LogP contribution in [0.1, 0.15) is 67.6 Å². The van der Waals surface area contributed by atoms with Crippen LogP contribution in [-0.2, 0) is 4.74 Å². The monoisotopic (exact) mass is 586 g/mol. The predicted octanol–water partition coefficient (Wildman–Crippen LogP) is 3.78. The van der Waals surface area contributed by atoms with Gasteiger partial charge in [0, 0.05) is 35.4 Å². The molecule has 0 bridgehead atoms. The zero-order valence-corrected chi connectivity index (χ0v) is 24.2. The van der Waals surface area contributed by atoms with Gasteiger partial charge in [-0.3, -0.25) is 4.98 Å². The smallest absolute Gasteiger partial charge is 0.345 e. The quantitative estimate of drug-likeness (QED) is 0.384. The summed E-state index contributed by atoms with van der Waals surface area (Å²) in [6, 6.07) is 13.1. The summed E-state index contributed by atoms with van der Waals surface area (Å²) in [5.74, 6) is -1.48. The molecule has 43 heavy (non-hydrogen) atoms. The van der Waals surface area contributed by atoms with Gasteiger partial charge < -0.3 is 29.2 Å². The van der Waals surface area contributed by atoms with Gasteiger partial charge in [0.25, 0.3) is 0 Å². The lowest BCUT2D eigenvalue weighted by Gasteiger charge is -2.66. The maximum atomic E-state index is 13.5. The average Bonchev–Trinajstić information content (AvgIpc) is 3.00. The van der Waals surface area contributed by atoms with E-state index in [1.807, 2.05) is 13.0 Å². The van der Waals surface area contributed by atoms with Crippen LogP contribution in [0.4, 0.5) is 0 Å². The third-order valence-corrected chi connectivity index (χ3v) is 10.4. The van der Waals surface area contributed by atoms with Gasteiger partial charge in [0.1, 0.15) is 28.8 Å². The van der Waals surface area contributed by atoms with Crippen LogP contribution in [0.15, 0.2) is 64.1 Å². The second-order valence-electron chi connectivity index (χ2n) is 12.7. The van der Waals surface area contributed by atoms with Crippen molar-refractivity contribution in [2.24, 2.45) is 22.7 Å². The highest BCUT2D eigenvalue weighted by atomic mass is 16.6. The molecule has 6 rings (SSSR count). The summed E-state index contributed by atoms with van der Waals surface area (Å²) in [5, 5.41) is 42.9. The summed E-state index contributed by atoms with van der Waals surface area (Å²) in [7, 11) is 0. The van der Waals surface area contributed by atoms with Gasteiger partial charge in [-0.05, 0) is 73.9 Å². The number of hydrogen-bond donors (Lipinski definition) is 3. The number of esters is 1. The maximum Gasteiger partial charge on any atom is 0.345 e. The lowest BCUT2D eigenvalue weighted by molar-refractivity contribution is -0.263. The van der Waals surface area contributed by atoms with E-state index in [-0.39, 0.29) is 35.7 Å². The van der Waals surface area contributed by atoms with Crippen LogP contribution in [-0.4, -0.2) is 50.7 Å². The Morgan fingerprint density at radius 3 is 2.58 bits per heavy atom. The molecule has 3 unspecified atom stereocenters. The summed E-state index contributed by atoms with van der Waals surface area (Å²) in [5.41, 5.74) is -2.60. The summed E-state index contributed by atoms with van der Waals surface area (Å²) in [4.78, 5) is 31.0. The SMILES string of the molecule is C[C@]12CC[C@H](O)[C@@](C)(CO)C1C[C@H](OC(=O)c1ccc(C#N)cc1)[C@@]1(C)Oc3cc(-c4cccnc4)oc(=O)c3C(O)C21. The molecule has 2 aromatic heterocycles. The van der Waals surface area contributed by atoms with E-state index in [2.05, 4.69) is 4.98 Å². The molecule has 3 aliphatic rings. The van der Waals surface area contributed by atoms with E-state index in [1.165, 1.54) is 24.3 Å². The van der Waals surface area contributed by atoms with Crippen molar-refractivity contribution in [2.75, 3.05) is 6.61 Å². The first-order valence-electron chi connectivity index (χ1n) is 14.4. The highest BCUT2D eigenvalue weighted by Crippen LogP contribution is 2.67.